The minimum Gasteiger partial charge on any atom is -0.300 e. The van der Waals surface area contributed by atoms with Crippen LogP contribution in [0.15, 0.2) is 12.4 Å². The van der Waals surface area contributed by atoms with Crippen molar-refractivity contribution in [1.82, 2.24) is 15.0 Å². The lowest BCUT2D eigenvalue weighted by atomic mass is 10.0. The Morgan fingerprint density at radius 3 is 2.58 bits per heavy atom. The predicted molar refractivity (Wildman–Crippen MR) is 44.6 cm³/mol. The molecule has 66 valence electrons. The van der Waals surface area contributed by atoms with Crippen LogP contribution < -0.4 is 0 Å². The molecule has 0 N–H and O–H groups in total. The van der Waals surface area contributed by atoms with E-state index in [0.717, 1.165) is 0 Å². The number of carbonyl (C=O) groups excluding carboxylic acids is 1. The molecule has 4 nitrogen and oxygen atoms in total. The number of aromatic nitrogens is 3. The molecule has 1 aromatic heterocycles. The Morgan fingerprint density at radius 2 is 2.17 bits per heavy atom. The summed E-state index contributed by atoms with van der Waals surface area (Å²) in [6.45, 7) is 5.45. The third-order valence-electron chi connectivity index (χ3n) is 2.22. The number of Topliss-reactive ketones (excluding diaryl/α,β-unsaturated/α-hetero) is 1. The van der Waals surface area contributed by atoms with E-state index in [1.807, 2.05) is 13.8 Å². The lowest BCUT2D eigenvalue weighted by Gasteiger charge is -2.16. The van der Waals surface area contributed by atoms with Crippen molar-refractivity contribution in [1.29, 1.82) is 0 Å². The second kappa shape index (κ2) is 3.47. The van der Waals surface area contributed by atoms with Gasteiger partial charge in [0.1, 0.15) is 5.78 Å². The van der Waals surface area contributed by atoms with E-state index in [4.69, 9.17) is 0 Å². The lowest BCUT2D eigenvalue weighted by molar-refractivity contribution is -0.121. The molecule has 0 aliphatic rings. The maximum Gasteiger partial charge on any atom is 0.134 e. The molecule has 1 rings (SSSR count). The van der Waals surface area contributed by atoms with Crippen molar-refractivity contribution in [2.75, 3.05) is 0 Å². The van der Waals surface area contributed by atoms with E-state index in [2.05, 4.69) is 10.3 Å². The van der Waals surface area contributed by atoms with Crippen molar-refractivity contribution in [3.63, 3.8) is 0 Å². The second-order valence-electron chi connectivity index (χ2n) is 3.02. The fraction of sp³-hybridized carbons (Fsp3) is 0.625. The smallest absolute Gasteiger partial charge is 0.134 e. The fourth-order valence-corrected chi connectivity index (χ4v) is 1.00. The maximum atomic E-state index is 11.0. The van der Waals surface area contributed by atoms with Crippen LogP contribution in [-0.2, 0) is 4.79 Å². The van der Waals surface area contributed by atoms with Gasteiger partial charge in [0.15, 0.2) is 0 Å². The molecule has 0 aliphatic heterocycles. The predicted octanol–water partition coefficient (Wildman–Crippen LogP) is 1.06. The van der Waals surface area contributed by atoms with Crippen molar-refractivity contribution >= 4 is 5.78 Å². The molecule has 1 heterocycles. The highest BCUT2D eigenvalue weighted by Crippen LogP contribution is 2.15. The van der Waals surface area contributed by atoms with Gasteiger partial charge < -0.3 is 0 Å². The van der Waals surface area contributed by atoms with Gasteiger partial charge in [0, 0.05) is 12.1 Å². The zero-order valence-electron chi connectivity index (χ0n) is 7.56. The van der Waals surface area contributed by atoms with E-state index in [-0.39, 0.29) is 17.7 Å². The third kappa shape index (κ3) is 1.69. The van der Waals surface area contributed by atoms with Gasteiger partial charge >= 0.3 is 0 Å². The van der Waals surface area contributed by atoms with Crippen LogP contribution in [0, 0.1) is 5.92 Å². The quantitative estimate of drug-likeness (QED) is 0.676. The molecule has 2 unspecified atom stereocenters. The summed E-state index contributed by atoms with van der Waals surface area (Å²) in [5, 5.41) is 7.52. The van der Waals surface area contributed by atoms with E-state index in [9.17, 15) is 4.79 Å². The van der Waals surface area contributed by atoms with Gasteiger partial charge in [-0.25, -0.2) is 4.68 Å². The lowest BCUT2D eigenvalue weighted by Crippen LogP contribution is -2.20. The van der Waals surface area contributed by atoms with E-state index < -0.39 is 0 Å². The zero-order chi connectivity index (χ0) is 9.14. The molecule has 4 heteroatoms. The fourth-order valence-electron chi connectivity index (χ4n) is 1.00. The first kappa shape index (κ1) is 8.90. The minimum absolute atomic E-state index is 0.00769. The highest BCUT2D eigenvalue weighted by Gasteiger charge is 2.18. The summed E-state index contributed by atoms with van der Waals surface area (Å²) in [6, 6.07) is 0.0880. The largest absolute Gasteiger partial charge is 0.300 e. The van der Waals surface area contributed by atoms with Gasteiger partial charge in [0.05, 0.1) is 12.2 Å². The minimum atomic E-state index is -0.00769. The molecule has 0 fully saturated rings. The molecule has 0 radical (unpaired) electrons. The van der Waals surface area contributed by atoms with Crippen molar-refractivity contribution < 1.29 is 4.79 Å². The summed E-state index contributed by atoms with van der Waals surface area (Å²) in [7, 11) is 0. The Morgan fingerprint density at radius 1 is 1.50 bits per heavy atom. The summed E-state index contributed by atoms with van der Waals surface area (Å²) < 4.78 is 1.70. The van der Waals surface area contributed by atoms with Gasteiger partial charge in [-0.05, 0) is 13.8 Å². The summed E-state index contributed by atoms with van der Waals surface area (Å²) in [6.07, 6.45) is 3.38. The molecule has 12 heavy (non-hydrogen) atoms. The molecule has 0 saturated carbocycles. The first-order chi connectivity index (χ1) is 5.63. The van der Waals surface area contributed by atoms with Crippen LogP contribution >= 0.6 is 0 Å². The highest BCUT2D eigenvalue weighted by atomic mass is 16.1. The molecular weight excluding hydrogens is 154 g/mol. The molecule has 0 amide bonds. The Labute approximate surface area is 71.6 Å². The number of nitrogens with zero attached hydrogens (tertiary/aromatic N) is 3. The Kier molecular flexibility index (Phi) is 2.58. The van der Waals surface area contributed by atoms with Gasteiger partial charge in [-0.15, -0.1) is 5.10 Å². The Hall–Kier alpha value is -1.19. The monoisotopic (exact) mass is 167 g/mol. The van der Waals surface area contributed by atoms with Gasteiger partial charge in [-0.2, -0.15) is 0 Å². The molecule has 0 aromatic carbocycles. The molecule has 2 atom stereocenters. The van der Waals surface area contributed by atoms with Crippen molar-refractivity contribution in [2.45, 2.75) is 26.8 Å². The second-order valence-corrected chi connectivity index (χ2v) is 3.02. The van der Waals surface area contributed by atoms with Crippen LogP contribution in [-0.4, -0.2) is 20.8 Å². The standard InChI is InChI=1S/C8H13N3O/c1-6(8(3)12)7(2)11-5-4-9-10-11/h4-7H,1-3H3. The first-order valence-corrected chi connectivity index (χ1v) is 3.99. The maximum absolute atomic E-state index is 11.0. The molecule has 0 saturated heterocycles. The third-order valence-corrected chi connectivity index (χ3v) is 2.22. The van der Waals surface area contributed by atoms with Gasteiger partial charge in [-0.3, -0.25) is 4.79 Å². The van der Waals surface area contributed by atoms with Gasteiger partial charge in [0.25, 0.3) is 0 Å². The molecular formula is C8H13N3O. The van der Waals surface area contributed by atoms with Gasteiger partial charge in [0.2, 0.25) is 0 Å². The summed E-state index contributed by atoms with van der Waals surface area (Å²) >= 11 is 0. The Bertz CT molecular complexity index is 255. The summed E-state index contributed by atoms with van der Waals surface area (Å²) in [5.74, 6) is 0.171. The summed E-state index contributed by atoms with van der Waals surface area (Å²) in [4.78, 5) is 11.0. The van der Waals surface area contributed by atoms with Crippen LogP contribution in [0.1, 0.15) is 26.8 Å². The molecule has 0 aliphatic carbocycles. The highest BCUT2D eigenvalue weighted by molar-refractivity contribution is 5.78. The van der Waals surface area contributed by atoms with Crippen molar-refractivity contribution in [3.05, 3.63) is 12.4 Å². The van der Waals surface area contributed by atoms with Crippen LogP contribution in [0.3, 0.4) is 0 Å². The normalized spacial score (nSPS) is 15.6. The Balaban J connectivity index is 2.71. The number of rotatable bonds is 3. The average Bonchev–Trinajstić information content (AvgIpc) is 2.53. The van der Waals surface area contributed by atoms with E-state index in [1.54, 1.807) is 24.0 Å². The number of carbonyl (C=O) groups is 1. The SMILES string of the molecule is CC(=O)C(C)C(C)n1ccnn1. The zero-order valence-corrected chi connectivity index (χ0v) is 7.56. The van der Waals surface area contributed by atoms with Crippen LogP contribution in [0.25, 0.3) is 0 Å². The average molecular weight is 167 g/mol. The topological polar surface area (TPSA) is 47.8 Å². The van der Waals surface area contributed by atoms with Crippen LogP contribution in [0.2, 0.25) is 0 Å². The van der Waals surface area contributed by atoms with Crippen molar-refractivity contribution in [3.8, 4) is 0 Å². The molecule has 0 spiro atoms. The van der Waals surface area contributed by atoms with E-state index in [1.165, 1.54) is 0 Å². The van der Waals surface area contributed by atoms with E-state index in [0.29, 0.717) is 0 Å². The number of hydrogen-bond acceptors (Lipinski definition) is 3. The van der Waals surface area contributed by atoms with Gasteiger partial charge in [-0.1, -0.05) is 12.1 Å². The van der Waals surface area contributed by atoms with Crippen LogP contribution in [0.5, 0.6) is 0 Å². The van der Waals surface area contributed by atoms with Crippen LogP contribution in [0.4, 0.5) is 0 Å². The number of ketones is 1. The van der Waals surface area contributed by atoms with Crippen molar-refractivity contribution in [2.24, 2.45) is 5.92 Å². The molecule has 1 aromatic rings. The first-order valence-electron chi connectivity index (χ1n) is 3.99. The number of hydrogen-bond donors (Lipinski definition) is 0. The summed E-state index contributed by atoms with van der Waals surface area (Å²) in [5.41, 5.74) is 0. The van der Waals surface area contributed by atoms with E-state index >= 15 is 0 Å². The molecule has 0 bridgehead atoms.